The van der Waals surface area contributed by atoms with Crippen molar-refractivity contribution in [2.24, 2.45) is 5.92 Å². The van der Waals surface area contributed by atoms with E-state index < -0.39 is 17.7 Å². The Morgan fingerprint density at radius 2 is 1.82 bits per heavy atom. The summed E-state index contributed by atoms with van der Waals surface area (Å²) in [5.74, 6) is -1.84. The zero-order valence-electron chi connectivity index (χ0n) is 18.1. The van der Waals surface area contributed by atoms with Crippen molar-refractivity contribution in [3.8, 4) is 0 Å². The van der Waals surface area contributed by atoms with E-state index in [4.69, 9.17) is 5.11 Å². The van der Waals surface area contributed by atoms with Gasteiger partial charge >= 0.3 is 5.97 Å². The first-order valence-electron chi connectivity index (χ1n) is 11.0. The molecule has 2 aromatic heterocycles. The number of carboxylic acids is 1. The van der Waals surface area contributed by atoms with Crippen LogP contribution in [0.3, 0.4) is 0 Å². The summed E-state index contributed by atoms with van der Waals surface area (Å²) < 4.78 is 29.4. The van der Waals surface area contributed by atoms with Gasteiger partial charge in [0.15, 0.2) is 0 Å². The minimum Gasteiger partial charge on any atom is -0.478 e. The summed E-state index contributed by atoms with van der Waals surface area (Å²) >= 11 is 0. The standard InChI is InChI=1S/C27H21F2N3O2/c28-21-5-2-14-30-26(21)25(17-3-1-4-17)24(18-9-6-16(7-10-18)8-13-23(33)34)19-11-12-22-20(15-19)27(29)32-31-22/h2,5-15,17H,1,3-4H2,(H,31,32)(H,33,34)/b13-8+,25-24?. The number of nitrogens with one attached hydrogen (secondary N) is 1. The van der Waals surface area contributed by atoms with E-state index in [0.717, 1.165) is 53.2 Å². The van der Waals surface area contributed by atoms with Gasteiger partial charge in [-0.3, -0.25) is 10.1 Å². The topological polar surface area (TPSA) is 78.9 Å². The largest absolute Gasteiger partial charge is 0.478 e. The predicted octanol–water partition coefficient (Wildman–Crippen LogP) is 6.09. The van der Waals surface area contributed by atoms with Gasteiger partial charge in [-0.15, -0.1) is 0 Å². The first-order valence-corrected chi connectivity index (χ1v) is 11.0. The Balaban J connectivity index is 1.76. The van der Waals surface area contributed by atoms with Crippen LogP contribution < -0.4 is 0 Å². The van der Waals surface area contributed by atoms with Crippen LogP contribution in [0.1, 0.15) is 41.6 Å². The molecule has 4 aromatic rings. The third-order valence-corrected chi connectivity index (χ3v) is 6.21. The lowest BCUT2D eigenvalue weighted by molar-refractivity contribution is -0.131. The number of hydrogen-bond donors (Lipinski definition) is 2. The Labute approximate surface area is 194 Å². The number of nitrogens with zero attached hydrogens (tertiary/aromatic N) is 2. The van der Waals surface area contributed by atoms with E-state index in [1.165, 1.54) is 12.1 Å². The molecule has 170 valence electrons. The maximum absolute atomic E-state index is 15.0. The quantitative estimate of drug-likeness (QED) is 0.343. The van der Waals surface area contributed by atoms with Crippen LogP contribution in [0.4, 0.5) is 8.78 Å². The van der Waals surface area contributed by atoms with E-state index in [9.17, 15) is 9.18 Å². The lowest BCUT2D eigenvalue weighted by Crippen LogP contribution is -2.17. The van der Waals surface area contributed by atoms with E-state index in [1.807, 2.05) is 18.2 Å². The van der Waals surface area contributed by atoms with Crippen LogP contribution in [0.2, 0.25) is 0 Å². The molecule has 0 aliphatic heterocycles. The fourth-order valence-electron chi connectivity index (χ4n) is 4.34. The fourth-order valence-corrected chi connectivity index (χ4v) is 4.34. The van der Waals surface area contributed by atoms with Crippen molar-refractivity contribution in [2.45, 2.75) is 19.3 Å². The van der Waals surface area contributed by atoms with Crippen LogP contribution in [0.15, 0.2) is 66.9 Å². The molecule has 0 bridgehead atoms. The van der Waals surface area contributed by atoms with Gasteiger partial charge in [-0.25, -0.2) is 9.18 Å². The number of fused-ring (bicyclic) bond motifs is 1. The molecule has 2 N–H and O–H groups in total. The number of hydrogen-bond acceptors (Lipinski definition) is 3. The number of pyridine rings is 1. The average molecular weight is 457 g/mol. The van der Waals surface area contributed by atoms with Crippen molar-refractivity contribution in [1.29, 1.82) is 0 Å². The van der Waals surface area contributed by atoms with Crippen LogP contribution in [-0.2, 0) is 4.79 Å². The molecule has 1 aliphatic rings. The van der Waals surface area contributed by atoms with Gasteiger partial charge in [-0.1, -0.05) is 36.8 Å². The van der Waals surface area contributed by atoms with E-state index in [1.54, 1.807) is 36.5 Å². The summed E-state index contributed by atoms with van der Waals surface area (Å²) in [7, 11) is 0. The van der Waals surface area contributed by atoms with E-state index in [2.05, 4.69) is 15.2 Å². The molecule has 0 saturated heterocycles. The Bertz CT molecular complexity index is 1430. The SMILES string of the molecule is O=C(O)/C=C/c1ccc(C(=C(c2ncccc2F)C2CCC2)c2ccc3n[nH]c(F)c3c2)cc1. The molecule has 1 saturated carbocycles. The Kier molecular flexibility index (Phi) is 5.76. The van der Waals surface area contributed by atoms with Crippen LogP contribution >= 0.6 is 0 Å². The van der Waals surface area contributed by atoms with Crippen molar-refractivity contribution in [1.82, 2.24) is 15.2 Å². The summed E-state index contributed by atoms with van der Waals surface area (Å²) in [5, 5.41) is 15.6. The number of aromatic nitrogens is 3. The minimum atomic E-state index is -1.03. The summed E-state index contributed by atoms with van der Waals surface area (Å²) in [6, 6.07) is 15.6. The van der Waals surface area contributed by atoms with Gasteiger partial charge in [0.05, 0.1) is 10.9 Å². The van der Waals surface area contributed by atoms with Gasteiger partial charge in [0, 0.05) is 12.3 Å². The van der Waals surface area contributed by atoms with Gasteiger partial charge in [0.2, 0.25) is 5.95 Å². The van der Waals surface area contributed by atoms with Gasteiger partial charge in [-0.2, -0.15) is 9.49 Å². The number of carboxylic acid groups (broad SMARTS) is 1. The second kappa shape index (κ2) is 9.02. The van der Waals surface area contributed by atoms with Crippen molar-refractivity contribution >= 4 is 34.1 Å². The van der Waals surface area contributed by atoms with E-state index in [0.29, 0.717) is 16.6 Å². The Morgan fingerprint density at radius 3 is 2.50 bits per heavy atom. The van der Waals surface area contributed by atoms with Gasteiger partial charge < -0.3 is 5.11 Å². The summed E-state index contributed by atoms with van der Waals surface area (Å²) in [4.78, 5) is 15.3. The Hall–Kier alpha value is -4.13. The number of benzene rings is 2. The van der Waals surface area contributed by atoms with Gasteiger partial charge in [0.1, 0.15) is 11.5 Å². The lowest BCUT2D eigenvalue weighted by atomic mass is 9.74. The van der Waals surface area contributed by atoms with Crippen LogP contribution in [0.25, 0.3) is 28.1 Å². The maximum Gasteiger partial charge on any atom is 0.328 e. The summed E-state index contributed by atoms with van der Waals surface area (Å²) in [5.41, 5.74) is 4.63. The molecule has 0 spiro atoms. The third-order valence-electron chi connectivity index (χ3n) is 6.21. The molecule has 7 heteroatoms. The zero-order valence-corrected chi connectivity index (χ0v) is 18.1. The number of allylic oxidation sites excluding steroid dienone is 1. The molecule has 1 fully saturated rings. The highest BCUT2D eigenvalue weighted by Crippen LogP contribution is 2.45. The van der Waals surface area contributed by atoms with Crippen LogP contribution in [0.5, 0.6) is 0 Å². The van der Waals surface area contributed by atoms with E-state index in [-0.39, 0.29) is 5.92 Å². The second-order valence-corrected chi connectivity index (χ2v) is 8.31. The molecule has 0 amide bonds. The monoisotopic (exact) mass is 457 g/mol. The Morgan fingerprint density at radius 1 is 1.06 bits per heavy atom. The number of H-pyrrole nitrogens is 1. The molecular formula is C27H21F2N3O2. The van der Waals surface area contributed by atoms with Crippen molar-refractivity contribution in [3.05, 3.63) is 101 Å². The second-order valence-electron chi connectivity index (χ2n) is 8.31. The average Bonchev–Trinajstić information content (AvgIpc) is 3.17. The highest BCUT2D eigenvalue weighted by atomic mass is 19.1. The molecule has 34 heavy (non-hydrogen) atoms. The molecule has 1 aliphatic carbocycles. The minimum absolute atomic E-state index is 0.121. The molecule has 2 aromatic carbocycles. The normalized spacial score (nSPS) is 14.9. The molecule has 0 unspecified atom stereocenters. The number of carbonyl (C=O) groups is 1. The molecule has 2 heterocycles. The molecule has 0 atom stereocenters. The van der Waals surface area contributed by atoms with Crippen molar-refractivity contribution < 1.29 is 18.7 Å². The molecule has 5 nitrogen and oxygen atoms in total. The highest BCUT2D eigenvalue weighted by Gasteiger charge is 2.30. The van der Waals surface area contributed by atoms with Crippen LogP contribution in [0, 0.1) is 17.7 Å². The number of aromatic amines is 1. The number of aliphatic carboxylic acids is 1. The lowest BCUT2D eigenvalue weighted by Gasteiger charge is -2.31. The summed E-state index contributed by atoms with van der Waals surface area (Å²) in [6.45, 7) is 0. The molecular weight excluding hydrogens is 436 g/mol. The smallest absolute Gasteiger partial charge is 0.328 e. The number of halogens is 2. The maximum atomic E-state index is 15.0. The summed E-state index contributed by atoms with van der Waals surface area (Å²) in [6.07, 6.45) is 7.03. The molecule has 0 radical (unpaired) electrons. The highest BCUT2D eigenvalue weighted by molar-refractivity contribution is 6.01. The molecule has 5 rings (SSSR count). The van der Waals surface area contributed by atoms with E-state index >= 15 is 4.39 Å². The van der Waals surface area contributed by atoms with Gasteiger partial charge in [0.25, 0.3) is 0 Å². The van der Waals surface area contributed by atoms with Gasteiger partial charge in [-0.05, 0) is 76.9 Å². The fraction of sp³-hybridized carbons (Fsp3) is 0.148. The predicted molar refractivity (Wildman–Crippen MR) is 127 cm³/mol. The zero-order chi connectivity index (χ0) is 23.7. The first-order chi connectivity index (χ1) is 16.5. The van der Waals surface area contributed by atoms with Crippen LogP contribution in [-0.4, -0.2) is 26.3 Å². The third kappa shape index (κ3) is 4.12. The first kappa shape index (κ1) is 21.7. The number of rotatable bonds is 6. The van der Waals surface area contributed by atoms with Crippen molar-refractivity contribution in [3.63, 3.8) is 0 Å². The van der Waals surface area contributed by atoms with Crippen molar-refractivity contribution in [2.75, 3.05) is 0 Å².